The van der Waals surface area contributed by atoms with Gasteiger partial charge in [0.1, 0.15) is 13.2 Å². The lowest BCUT2D eigenvalue weighted by Crippen LogP contribution is -2.59. The van der Waals surface area contributed by atoms with Gasteiger partial charge in [-0.1, -0.05) is 18.2 Å². The second-order valence-corrected chi connectivity index (χ2v) is 10.8. The molecule has 37 heavy (non-hydrogen) atoms. The molecule has 0 radical (unpaired) electrons. The molecule has 21 heteroatoms. The van der Waals surface area contributed by atoms with Gasteiger partial charge in [0.25, 0.3) is 0 Å². The molecule has 0 fully saturated rings. The predicted octanol–water partition coefficient (Wildman–Crippen LogP) is 8.26. The quantitative estimate of drug-likeness (QED) is 0.155. The Labute approximate surface area is 199 Å². The first-order valence-corrected chi connectivity index (χ1v) is 11.8. The van der Waals surface area contributed by atoms with Gasteiger partial charge in [-0.2, -0.15) is 52.7 Å². The van der Waals surface area contributed by atoms with E-state index in [1.54, 1.807) is 0 Å². The van der Waals surface area contributed by atoms with Gasteiger partial charge in [-0.05, 0) is 23.5 Å². The molecule has 0 unspecified atom stereocenters. The van der Waals surface area contributed by atoms with Crippen molar-refractivity contribution >= 4 is 18.2 Å². The Morgan fingerprint density at radius 2 is 0.973 bits per heavy atom. The van der Waals surface area contributed by atoms with Crippen LogP contribution in [-0.4, -0.2) is 61.6 Å². The summed E-state index contributed by atoms with van der Waals surface area (Å²) in [6.07, 6.45) is -10.8. The van der Waals surface area contributed by atoms with Crippen LogP contribution in [0.4, 0.5) is 70.2 Å². The molecule has 0 N–H and O–H groups in total. The maximum absolute atomic E-state index is 13.7. The van der Waals surface area contributed by atoms with Gasteiger partial charge in [-0.15, -0.1) is 0 Å². The molecule has 0 saturated heterocycles. The Morgan fingerprint density at radius 3 is 1.27 bits per heavy atom. The van der Waals surface area contributed by atoms with Crippen LogP contribution in [-0.2, 0) is 13.6 Å². The molecule has 0 heterocycles. The molecule has 3 nitrogen and oxygen atoms in total. The van der Waals surface area contributed by atoms with Gasteiger partial charge in [0.15, 0.2) is 0 Å². The van der Waals surface area contributed by atoms with Crippen LogP contribution >= 0.6 is 18.2 Å². The summed E-state index contributed by atoms with van der Waals surface area (Å²) in [6.45, 7) is -12.5. The standard InChI is InChI=1S/C16H11F16O3PS/c17-9(18)13(25,26)15(29,30)11(21,22)6-34-36(33,37-8-4-2-1-3-5-8)35-7-12(23,24)16(31,32)14(27,28)10(19)20/h1-5,9-10H,6-7H2. The van der Waals surface area contributed by atoms with Gasteiger partial charge >= 0.3 is 55.2 Å². The zero-order valence-corrected chi connectivity index (χ0v) is 18.8. The van der Waals surface area contributed by atoms with Crippen LogP contribution in [0, 0.1) is 0 Å². The Balaban J connectivity index is 3.30. The summed E-state index contributed by atoms with van der Waals surface area (Å²) in [7, 11) is 0. The Kier molecular flexibility index (Phi) is 9.99. The zero-order valence-electron chi connectivity index (χ0n) is 17.1. The predicted molar refractivity (Wildman–Crippen MR) is 93.5 cm³/mol. The number of rotatable bonds is 14. The van der Waals surface area contributed by atoms with Gasteiger partial charge in [-0.25, -0.2) is 22.1 Å². The van der Waals surface area contributed by atoms with Crippen molar-refractivity contribution in [2.75, 3.05) is 13.2 Å². The molecule has 0 amide bonds. The minimum absolute atomic E-state index is 0.508. The molecular weight excluding hydrogens is 607 g/mol. The molecule has 216 valence electrons. The normalized spacial score (nSPS) is 15.1. The Morgan fingerprint density at radius 1 is 0.649 bits per heavy atom. The molecule has 0 aromatic heterocycles. The highest BCUT2D eigenvalue weighted by atomic mass is 32.7. The molecule has 0 bridgehead atoms. The van der Waals surface area contributed by atoms with Crippen molar-refractivity contribution in [2.45, 2.75) is 53.3 Å². The van der Waals surface area contributed by atoms with E-state index in [4.69, 9.17) is 0 Å². The summed E-state index contributed by atoms with van der Waals surface area (Å²) in [4.78, 5) is -0.508. The molecular formula is C16H11F16O3PS. The lowest BCUT2D eigenvalue weighted by Gasteiger charge is -2.34. The van der Waals surface area contributed by atoms with E-state index in [9.17, 15) is 74.8 Å². The summed E-state index contributed by atoms with van der Waals surface area (Å²) in [5.74, 6) is -40.0. The van der Waals surface area contributed by atoms with E-state index < -0.39 is 84.7 Å². The highest BCUT2D eigenvalue weighted by molar-refractivity contribution is 8.55. The van der Waals surface area contributed by atoms with Crippen LogP contribution in [0.5, 0.6) is 0 Å². The van der Waals surface area contributed by atoms with Crippen molar-refractivity contribution in [1.82, 2.24) is 0 Å². The van der Waals surface area contributed by atoms with Crippen LogP contribution in [0.1, 0.15) is 0 Å². The molecule has 0 atom stereocenters. The van der Waals surface area contributed by atoms with E-state index in [1.165, 1.54) is 6.07 Å². The van der Waals surface area contributed by atoms with Crippen molar-refractivity contribution in [3.63, 3.8) is 0 Å². The fourth-order valence-electron chi connectivity index (χ4n) is 1.96. The van der Waals surface area contributed by atoms with E-state index in [2.05, 4.69) is 9.05 Å². The Hall–Kier alpha value is -1.40. The first kappa shape index (κ1) is 33.6. The summed E-state index contributed by atoms with van der Waals surface area (Å²) >= 11 is -0.595. The first-order chi connectivity index (χ1) is 16.4. The van der Waals surface area contributed by atoms with E-state index in [-0.39, 0.29) is 0 Å². The van der Waals surface area contributed by atoms with Gasteiger partial charge in [0, 0.05) is 4.90 Å². The Bertz CT molecular complexity index is 891. The number of hydrogen-bond donors (Lipinski definition) is 0. The molecule has 0 spiro atoms. The maximum Gasteiger partial charge on any atom is 0.394 e. The molecule has 0 aliphatic carbocycles. The number of alkyl halides is 16. The molecule has 1 aromatic carbocycles. The monoisotopic (exact) mass is 618 g/mol. The highest BCUT2D eigenvalue weighted by Gasteiger charge is 2.77. The third-order valence-corrected chi connectivity index (χ3v) is 7.61. The van der Waals surface area contributed by atoms with Crippen LogP contribution in [0.25, 0.3) is 0 Å². The highest BCUT2D eigenvalue weighted by Crippen LogP contribution is 2.65. The first-order valence-electron chi connectivity index (χ1n) is 8.85. The summed E-state index contributed by atoms with van der Waals surface area (Å²) in [5, 5.41) is 0. The van der Waals surface area contributed by atoms with Crippen molar-refractivity contribution < 1.29 is 83.9 Å². The van der Waals surface area contributed by atoms with Gasteiger partial charge in [0.2, 0.25) is 0 Å². The fourth-order valence-corrected chi connectivity index (χ4v) is 5.09. The van der Waals surface area contributed by atoms with Crippen LogP contribution in [0.2, 0.25) is 0 Å². The third-order valence-electron chi connectivity index (χ3n) is 4.07. The molecule has 1 rings (SSSR count). The molecule has 0 aliphatic heterocycles. The minimum atomic E-state index is -6.94. The van der Waals surface area contributed by atoms with Gasteiger partial charge < -0.3 is 0 Å². The summed E-state index contributed by atoms with van der Waals surface area (Å²) in [6, 6.07) is 5.06. The smallest absolute Gasteiger partial charge is 0.294 e. The maximum atomic E-state index is 13.7. The van der Waals surface area contributed by atoms with Crippen molar-refractivity contribution in [2.24, 2.45) is 0 Å². The van der Waals surface area contributed by atoms with Crippen LogP contribution < -0.4 is 0 Å². The SMILES string of the molecule is O=P(OCC(F)(F)C(F)(F)C(F)(F)C(F)F)(OCC(F)(F)C(F)(F)C(F)(F)C(F)F)Sc1ccccc1. The van der Waals surface area contributed by atoms with E-state index in [0.717, 1.165) is 24.3 Å². The largest absolute Gasteiger partial charge is 0.394 e. The number of benzene rings is 1. The zero-order chi connectivity index (χ0) is 29.3. The second-order valence-electron chi connectivity index (χ2n) is 6.80. The molecule has 0 saturated carbocycles. The third kappa shape index (κ3) is 6.79. The lowest BCUT2D eigenvalue weighted by molar-refractivity contribution is -0.344. The van der Waals surface area contributed by atoms with Crippen LogP contribution in [0.3, 0.4) is 0 Å². The lowest BCUT2D eigenvalue weighted by atomic mass is 10.1. The van der Waals surface area contributed by atoms with Crippen molar-refractivity contribution in [3.05, 3.63) is 30.3 Å². The second kappa shape index (κ2) is 11.0. The average molecular weight is 618 g/mol. The van der Waals surface area contributed by atoms with Crippen molar-refractivity contribution in [1.29, 1.82) is 0 Å². The van der Waals surface area contributed by atoms with Crippen LogP contribution in [0.15, 0.2) is 35.2 Å². The van der Waals surface area contributed by atoms with Gasteiger partial charge in [0.05, 0.1) is 0 Å². The summed E-state index contributed by atoms with van der Waals surface area (Å²) < 4.78 is 229. The average Bonchev–Trinajstić information content (AvgIpc) is 2.76. The topological polar surface area (TPSA) is 35.5 Å². The van der Waals surface area contributed by atoms with Crippen molar-refractivity contribution in [3.8, 4) is 0 Å². The summed E-state index contributed by atoms with van der Waals surface area (Å²) in [5.41, 5.74) is 0. The van der Waals surface area contributed by atoms with Gasteiger partial charge in [-0.3, -0.25) is 9.05 Å². The molecule has 1 aromatic rings. The van der Waals surface area contributed by atoms with E-state index in [1.807, 2.05) is 0 Å². The minimum Gasteiger partial charge on any atom is -0.294 e. The number of hydrogen-bond acceptors (Lipinski definition) is 4. The van der Waals surface area contributed by atoms with E-state index in [0.29, 0.717) is 0 Å². The molecule has 0 aliphatic rings. The fraction of sp³-hybridized carbons (Fsp3) is 0.625. The number of halogens is 16. The van der Waals surface area contributed by atoms with E-state index >= 15 is 0 Å².